The first kappa shape index (κ1) is 77.1. The van der Waals surface area contributed by atoms with E-state index < -0.39 is 177 Å². The number of aliphatic hydroxyl groups excluding tert-OH is 3. The van der Waals surface area contributed by atoms with Crippen molar-refractivity contribution in [1.82, 2.24) is 52.8 Å². The van der Waals surface area contributed by atoms with Gasteiger partial charge in [0.05, 0.1) is 26.2 Å². The van der Waals surface area contributed by atoms with E-state index in [1.807, 2.05) is 0 Å². The van der Waals surface area contributed by atoms with Gasteiger partial charge in [-0.2, -0.15) is 0 Å². The van der Waals surface area contributed by atoms with Crippen molar-refractivity contribution >= 4 is 87.6 Å². The normalized spacial score (nSPS) is 14.3. The minimum atomic E-state index is -1.99. The second-order valence-electron chi connectivity index (χ2n) is 24.0. The molecule has 0 spiro atoms. The molecule has 0 aliphatic rings. The van der Waals surface area contributed by atoms with E-state index in [4.69, 9.17) is 17.2 Å². The van der Waals surface area contributed by atoms with Crippen LogP contribution in [0.15, 0.2) is 109 Å². The highest BCUT2D eigenvalue weighted by Gasteiger charge is 2.37. The lowest BCUT2D eigenvalue weighted by Crippen LogP contribution is -2.61. The molecule has 31 heteroatoms. The van der Waals surface area contributed by atoms with E-state index in [0.29, 0.717) is 33.2 Å². The fourth-order valence-corrected chi connectivity index (χ4v) is 10.1. The second-order valence-corrected chi connectivity index (χ2v) is 24.0. The number of nitrogens with one attached hydrogen (secondary N) is 10. The van der Waals surface area contributed by atoms with E-state index >= 15 is 0 Å². The molecule has 0 unspecified atom stereocenters. The molecule has 0 aliphatic heterocycles. The number of hydrogen-bond acceptors (Lipinski definition) is 18. The van der Waals surface area contributed by atoms with Gasteiger partial charge in [-0.05, 0) is 66.0 Å². The average Bonchev–Trinajstić information content (AvgIpc) is 1.74. The lowest BCUT2D eigenvalue weighted by Gasteiger charge is -2.28. The number of carbonyl (C=O) groups excluding carboxylic acids is 12. The van der Waals surface area contributed by atoms with Gasteiger partial charge in [0.25, 0.3) is 0 Å². The molecule has 0 radical (unpaired) electrons. The van der Waals surface area contributed by atoms with E-state index in [1.54, 1.807) is 88.5 Å². The van der Waals surface area contributed by atoms with Crippen LogP contribution in [-0.2, 0) is 76.8 Å². The fraction of sp³-hybridized carbons (Fsp3) is 0.409. The molecular weight excluding hydrogens is 1260 g/mol. The van der Waals surface area contributed by atoms with E-state index in [9.17, 15) is 87.9 Å². The number of aromatic hydroxyl groups is 1. The van der Waals surface area contributed by atoms with Gasteiger partial charge in [-0.3, -0.25) is 57.5 Å². The fourth-order valence-electron chi connectivity index (χ4n) is 10.1. The van der Waals surface area contributed by atoms with E-state index in [0.717, 1.165) is 0 Å². The van der Waals surface area contributed by atoms with E-state index in [-0.39, 0.29) is 54.6 Å². The number of rotatable bonds is 39. The number of para-hydroxylation sites is 1. The van der Waals surface area contributed by atoms with Crippen molar-refractivity contribution in [3.05, 3.63) is 137 Å². The Balaban J connectivity index is 1.44. The van der Waals surface area contributed by atoms with E-state index in [1.165, 1.54) is 48.5 Å². The van der Waals surface area contributed by atoms with Crippen molar-refractivity contribution in [3.8, 4) is 5.75 Å². The van der Waals surface area contributed by atoms with Gasteiger partial charge in [0, 0.05) is 53.9 Å². The first-order valence-electron chi connectivity index (χ1n) is 31.1. The molecule has 1 aromatic heterocycles. The number of aromatic nitrogens is 1. The molecule has 0 aliphatic carbocycles. The molecule has 522 valence electrons. The van der Waals surface area contributed by atoms with Crippen LogP contribution in [0.3, 0.4) is 0 Å². The third kappa shape index (κ3) is 24.3. The number of ketones is 1. The maximum atomic E-state index is 14.7. The number of amides is 11. The highest BCUT2D eigenvalue weighted by molar-refractivity contribution is 6.09. The number of carboxylic acids is 1. The molecule has 4 aromatic carbocycles. The summed E-state index contributed by atoms with van der Waals surface area (Å²) in [6.07, 6.45) is -1.52. The number of aliphatic carboxylic acids is 1. The second kappa shape index (κ2) is 37.5. The Bertz CT molecular complexity index is 3590. The number of carbonyl (C=O) groups is 13. The molecule has 11 amide bonds. The van der Waals surface area contributed by atoms with Crippen molar-refractivity contribution in [2.75, 3.05) is 19.8 Å². The standard InChI is InChI=1S/C66H85N13O18/c1-34(2)24-46(72-57(87)43(67)31-80)59(89)77-51(29-55(69)85)64(94)75-49(26-36-14-18-39(19-15-36)56(86)38-10-6-5-7-11-38)62(92)78-52(32-81)65(95)71-45(22-23-54(68)84)58(88)74-48(27-37-16-20-41(83)21-17-37)61(91)73-47(25-35(3)4)60(90)76-50(63(93)79-53(33-82)66(96)97)28-40-30-70-44-13-9-8-12-42(40)44/h5-21,30,34-35,43,45-53,70,80-83H,22-29,31-33,67H2,1-4H3,(H2,68,84)(H2,69,85)(H,71,95)(H,72,87)(H,73,91)(H,74,88)(H,75,94)(H,76,90)(H,77,89)(H,78,92)(H,79,93)(H,96,97)/t43-,45-,46-,47-,48-,49-,50-,51-,52-,53-/m0/s1. The number of carboxylic acid groups (broad SMARTS) is 1. The average molecular weight is 1350 g/mol. The molecule has 5 aromatic rings. The summed E-state index contributed by atoms with van der Waals surface area (Å²) in [5, 5.41) is 72.3. The summed E-state index contributed by atoms with van der Waals surface area (Å²) < 4.78 is 0. The molecule has 5 rings (SSSR count). The number of nitrogens with two attached hydrogens (primary N) is 3. The molecule has 0 fully saturated rings. The zero-order chi connectivity index (χ0) is 71.6. The van der Waals surface area contributed by atoms with Gasteiger partial charge >= 0.3 is 5.97 Å². The maximum absolute atomic E-state index is 14.7. The number of hydrogen-bond donors (Lipinski definition) is 18. The highest BCUT2D eigenvalue weighted by Crippen LogP contribution is 2.21. The van der Waals surface area contributed by atoms with Crippen LogP contribution < -0.4 is 65.1 Å². The van der Waals surface area contributed by atoms with Crippen LogP contribution in [0.1, 0.15) is 92.4 Å². The Labute approximate surface area is 557 Å². The summed E-state index contributed by atoms with van der Waals surface area (Å²) in [6, 6.07) is 9.89. The number of primary amides is 2. The molecule has 0 bridgehead atoms. The number of aliphatic hydroxyl groups is 3. The van der Waals surface area contributed by atoms with Crippen LogP contribution in [0.25, 0.3) is 10.9 Å². The third-order valence-electron chi connectivity index (χ3n) is 15.2. The summed E-state index contributed by atoms with van der Waals surface area (Å²) >= 11 is 0. The van der Waals surface area contributed by atoms with Crippen molar-refractivity contribution in [2.24, 2.45) is 29.0 Å². The van der Waals surface area contributed by atoms with Crippen LogP contribution in [0, 0.1) is 11.8 Å². The minimum absolute atomic E-state index is 0.0216. The summed E-state index contributed by atoms with van der Waals surface area (Å²) in [5.41, 5.74) is 19.1. The van der Waals surface area contributed by atoms with Crippen LogP contribution in [0.4, 0.5) is 0 Å². The van der Waals surface area contributed by atoms with Crippen molar-refractivity contribution in [1.29, 1.82) is 0 Å². The lowest BCUT2D eigenvalue weighted by atomic mass is 9.98. The SMILES string of the molecule is CC(C)C[C@H](NC(=O)[C@H](Cc1ccc(O)cc1)NC(=O)[C@H](CCC(N)=O)NC(=O)[C@H](CO)NC(=O)[C@H](Cc1ccc(C(=O)c2ccccc2)cc1)NC(=O)[C@H](CC(N)=O)NC(=O)[C@H](CC(C)C)NC(=O)[C@@H](N)CO)C(=O)N[C@@H](Cc1c[nH]c2ccccc12)C(=O)N[C@@H](CO)C(=O)O. The molecule has 0 saturated heterocycles. The van der Waals surface area contributed by atoms with Gasteiger partial charge in [0.15, 0.2) is 5.78 Å². The monoisotopic (exact) mass is 1350 g/mol. The predicted molar refractivity (Wildman–Crippen MR) is 349 cm³/mol. The third-order valence-corrected chi connectivity index (χ3v) is 15.2. The molecule has 1 heterocycles. The Morgan fingerprint density at radius 1 is 0.433 bits per heavy atom. The zero-order valence-electron chi connectivity index (χ0n) is 53.9. The van der Waals surface area contributed by atoms with Crippen molar-refractivity contribution in [2.45, 2.75) is 139 Å². The molecular formula is C66H85N13O18. The number of phenolic OH excluding ortho intramolecular Hbond substituents is 1. The zero-order valence-corrected chi connectivity index (χ0v) is 53.9. The quantitative estimate of drug-likeness (QED) is 0.0176. The van der Waals surface area contributed by atoms with Crippen LogP contribution in [-0.4, -0.2) is 187 Å². The smallest absolute Gasteiger partial charge is 0.328 e. The summed E-state index contributed by atoms with van der Waals surface area (Å²) in [5.74, 6) is -14.4. The maximum Gasteiger partial charge on any atom is 0.328 e. The summed E-state index contributed by atoms with van der Waals surface area (Å²) in [6.45, 7) is 3.89. The molecule has 21 N–H and O–H groups in total. The topological polar surface area (TPSA) is 525 Å². The summed E-state index contributed by atoms with van der Waals surface area (Å²) in [4.78, 5) is 180. The van der Waals surface area contributed by atoms with E-state index in [2.05, 4.69) is 52.8 Å². The Morgan fingerprint density at radius 3 is 1.33 bits per heavy atom. The number of phenols is 1. The number of aromatic amines is 1. The van der Waals surface area contributed by atoms with Gasteiger partial charge in [-0.15, -0.1) is 0 Å². The number of benzene rings is 4. The Hall–Kier alpha value is -10.6. The molecule has 0 saturated carbocycles. The van der Waals surface area contributed by atoms with Crippen LogP contribution >= 0.6 is 0 Å². The molecule has 10 atom stereocenters. The minimum Gasteiger partial charge on any atom is -0.508 e. The van der Waals surface area contributed by atoms with Gasteiger partial charge in [-0.25, -0.2) is 4.79 Å². The number of H-pyrrole nitrogens is 1. The lowest BCUT2D eigenvalue weighted by molar-refractivity contribution is -0.143. The largest absolute Gasteiger partial charge is 0.508 e. The van der Waals surface area contributed by atoms with Crippen molar-refractivity contribution < 1.29 is 87.9 Å². The van der Waals surface area contributed by atoms with Crippen LogP contribution in [0.5, 0.6) is 5.75 Å². The molecule has 97 heavy (non-hydrogen) atoms. The Kier molecular flexibility index (Phi) is 29.8. The van der Waals surface area contributed by atoms with Crippen molar-refractivity contribution in [3.63, 3.8) is 0 Å². The van der Waals surface area contributed by atoms with Gasteiger partial charge < -0.3 is 95.6 Å². The predicted octanol–water partition coefficient (Wildman–Crippen LogP) is -2.88. The molecule has 31 nitrogen and oxygen atoms in total. The van der Waals surface area contributed by atoms with Gasteiger partial charge in [0.2, 0.25) is 65.0 Å². The first-order valence-corrected chi connectivity index (χ1v) is 31.1. The van der Waals surface area contributed by atoms with Gasteiger partial charge in [-0.1, -0.05) is 113 Å². The number of fused-ring (bicyclic) bond motifs is 1. The van der Waals surface area contributed by atoms with Gasteiger partial charge in [0.1, 0.15) is 66.2 Å². The Morgan fingerprint density at radius 2 is 0.835 bits per heavy atom. The highest BCUT2D eigenvalue weighted by atomic mass is 16.4. The first-order chi connectivity index (χ1) is 46.0. The van der Waals surface area contributed by atoms with Crippen LogP contribution in [0.2, 0.25) is 0 Å². The summed E-state index contributed by atoms with van der Waals surface area (Å²) in [7, 11) is 0.